The number of fused-ring (bicyclic) bond motifs is 3. The van der Waals surface area contributed by atoms with E-state index in [2.05, 4.69) is 37.7 Å². The molecule has 4 aromatic rings. The van der Waals surface area contributed by atoms with E-state index in [1.54, 1.807) is 18.5 Å². The Labute approximate surface area is 200 Å². The number of aryl methyl sites for hydroxylation is 1. The maximum atomic E-state index is 15.4. The Balaban J connectivity index is 1.40. The van der Waals surface area contributed by atoms with Crippen LogP contribution in [0.3, 0.4) is 0 Å². The van der Waals surface area contributed by atoms with Gasteiger partial charge in [0.15, 0.2) is 5.82 Å². The van der Waals surface area contributed by atoms with Crippen molar-refractivity contribution < 1.29 is 9.13 Å². The number of halogens is 1. The van der Waals surface area contributed by atoms with E-state index in [-0.39, 0.29) is 5.69 Å². The summed E-state index contributed by atoms with van der Waals surface area (Å²) in [5.41, 5.74) is 13.0. The van der Waals surface area contributed by atoms with Crippen LogP contribution in [0.15, 0.2) is 36.7 Å². The van der Waals surface area contributed by atoms with Crippen molar-refractivity contribution in [1.29, 1.82) is 0 Å². The molecule has 0 unspecified atom stereocenters. The van der Waals surface area contributed by atoms with Gasteiger partial charge in [-0.3, -0.25) is 0 Å². The fourth-order valence-corrected chi connectivity index (χ4v) is 5.51. The molecule has 0 bridgehead atoms. The highest BCUT2D eigenvalue weighted by Gasteiger charge is 2.21. The summed E-state index contributed by atoms with van der Waals surface area (Å²) in [6.07, 6.45) is 4.24. The van der Waals surface area contributed by atoms with Gasteiger partial charge in [0.1, 0.15) is 12.3 Å². The highest BCUT2D eigenvalue weighted by Crippen LogP contribution is 2.39. The van der Waals surface area contributed by atoms with Crippen LogP contribution in [0.5, 0.6) is 5.88 Å². The summed E-state index contributed by atoms with van der Waals surface area (Å²) >= 11 is 1.96. The quantitative estimate of drug-likeness (QED) is 0.355. The minimum absolute atomic E-state index is 0.0201. The number of nitrogens with one attached hydrogen (secondary N) is 2. The van der Waals surface area contributed by atoms with Crippen molar-refractivity contribution in [3.05, 3.63) is 59.2 Å². The number of aromatic nitrogens is 3. The zero-order chi connectivity index (χ0) is 23.2. The summed E-state index contributed by atoms with van der Waals surface area (Å²) in [6, 6.07) is 8.06. The van der Waals surface area contributed by atoms with Crippen LogP contribution in [-0.2, 0) is 12.2 Å². The Morgan fingerprint density at radius 3 is 2.97 bits per heavy atom. The largest absolute Gasteiger partial charge is 0.474 e. The molecule has 34 heavy (non-hydrogen) atoms. The number of rotatable bonds is 3. The number of hydrogen-bond acceptors (Lipinski definition) is 8. The van der Waals surface area contributed by atoms with Gasteiger partial charge in [0.05, 0.1) is 11.2 Å². The molecule has 0 saturated carbocycles. The second-order valence-electron chi connectivity index (χ2n) is 8.44. The maximum Gasteiger partial charge on any atom is 0.237 e. The zero-order valence-corrected chi connectivity index (χ0v) is 19.4. The molecular formula is C25H23FN6OS. The van der Waals surface area contributed by atoms with Gasteiger partial charge in [0, 0.05) is 46.9 Å². The molecule has 2 aromatic heterocycles. The number of pyridine rings is 1. The summed E-state index contributed by atoms with van der Waals surface area (Å²) in [6.45, 7) is 3.13. The number of anilines is 4. The van der Waals surface area contributed by atoms with Crippen LogP contribution in [0.25, 0.3) is 22.0 Å². The Morgan fingerprint density at radius 2 is 2.06 bits per heavy atom. The number of ether oxygens (including phenoxy) is 1. The molecule has 0 aliphatic carbocycles. The number of thioether (sulfide) groups is 1. The second kappa shape index (κ2) is 8.32. The fraction of sp³-hybridized carbons (Fsp3) is 0.240. The van der Waals surface area contributed by atoms with E-state index in [1.807, 2.05) is 24.8 Å². The predicted octanol–water partition coefficient (Wildman–Crippen LogP) is 5.06. The van der Waals surface area contributed by atoms with Crippen LogP contribution < -0.4 is 21.1 Å². The van der Waals surface area contributed by atoms with E-state index >= 15 is 4.39 Å². The molecule has 0 atom stereocenters. The molecule has 9 heteroatoms. The van der Waals surface area contributed by atoms with Crippen molar-refractivity contribution in [2.24, 2.45) is 0 Å². The first-order chi connectivity index (χ1) is 16.6. The van der Waals surface area contributed by atoms with E-state index in [0.717, 1.165) is 34.9 Å². The first-order valence-electron chi connectivity index (χ1n) is 11.2. The number of benzene rings is 2. The molecule has 172 valence electrons. The van der Waals surface area contributed by atoms with Crippen molar-refractivity contribution >= 4 is 45.7 Å². The number of nitrogens with zero attached hydrogens (tertiary/aromatic N) is 3. The van der Waals surface area contributed by atoms with Gasteiger partial charge in [-0.05, 0) is 54.0 Å². The monoisotopic (exact) mass is 474 g/mol. The van der Waals surface area contributed by atoms with Crippen LogP contribution in [0.1, 0.15) is 16.7 Å². The molecular weight excluding hydrogens is 451 g/mol. The Bertz CT molecular complexity index is 1440. The van der Waals surface area contributed by atoms with Gasteiger partial charge in [0.25, 0.3) is 0 Å². The minimum Gasteiger partial charge on any atom is -0.474 e. The highest BCUT2D eigenvalue weighted by molar-refractivity contribution is 7.98. The third-order valence-electron chi connectivity index (χ3n) is 6.33. The molecule has 2 aromatic carbocycles. The number of nitrogens with two attached hydrogens (primary N) is 1. The topological polar surface area (TPSA) is 98.0 Å². The van der Waals surface area contributed by atoms with Crippen LogP contribution in [0, 0.1) is 12.7 Å². The number of hydrogen-bond donors (Lipinski definition) is 3. The van der Waals surface area contributed by atoms with Crippen LogP contribution in [-0.4, -0.2) is 33.9 Å². The summed E-state index contributed by atoms with van der Waals surface area (Å²) in [5, 5.41) is 7.05. The van der Waals surface area contributed by atoms with E-state index in [0.29, 0.717) is 47.0 Å². The summed E-state index contributed by atoms with van der Waals surface area (Å²) < 4.78 is 21.0. The Hall–Kier alpha value is -3.59. The Kier molecular flexibility index (Phi) is 5.13. The van der Waals surface area contributed by atoms with Crippen LogP contribution >= 0.6 is 11.8 Å². The van der Waals surface area contributed by atoms with Gasteiger partial charge in [-0.25, -0.2) is 19.3 Å². The Morgan fingerprint density at radius 1 is 1.15 bits per heavy atom. The second-order valence-corrected chi connectivity index (χ2v) is 9.55. The van der Waals surface area contributed by atoms with Gasteiger partial charge in [-0.1, -0.05) is 6.07 Å². The molecule has 4 heterocycles. The molecule has 7 nitrogen and oxygen atoms in total. The standard InChI is InChI=1S/C25H23FN6OS/c1-13-18(10-29-24-23(13)28-5-6-33-24)17-9-20-19(22(27)21(17)26)11-30-25(32-20)31-16-3-2-15-12-34-7-4-14(15)8-16/h2-3,8-11,28H,4-7,12,27H2,1H3,(H,30,31,32). The summed E-state index contributed by atoms with van der Waals surface area (Å²) in [7, 11) is 0. The lowest BCUT2D eigenvalue weighted by Crippen LogP contribution is -2.20. The van der Waals surface area contributed by atoms with Crippen molar-refractivity contribution in [2.45, 2.75) is 19.1 Å². The smallest absolute Gasteiger partial charge is 0.237 e. The van der Waals surface area contributed by atoms with Crippen LogP contribution in [0.2, 0.25) is 0 Å². The molecule has 4 N–H and O–H groups in total. The van der Waals surface area contributed by atoms with E-state index < -0.39 is 5.82 Å². The third-order valence-corrected chi connectivity index (χ3v) is 7.34. The summed E-state index contributed by atoms with van der Waals surface area (Å²) in [5.74, 6) is 2.64. The predicted molar refractivity (Wildman–Crippen MR) is 135 cm³/mol. The highest BCUT2D eigenvalue weighted by atomic mass is 32.2. The minimum atomic E-state index is -0.508. The first-order valence-corrected chi connectivity index (χ1v) is 12.3. The van der Waals surface area contributed by atoms with Gasteiger partial charge in [0.2, 0.25) is 11.8 Å². The SMILES string of the molecule is Cc1c(-c2cc3nc(Nc4ccc5c(c4)CCSC5)ncc3c(N)c2F)cnc2c1NCCO2. The molecule has 0 radical (unpaired) electrons. The normalized spacial score (nSPS) is 14.6. The third kappa shape index (κ3) is 3.56. The van der Waals surface area contributed by atoms with Crippen molar-refractivity contribution in [1.82, 2.24) is 15.0 Å². The van der Waals surface area contributed by atoms with E-state index in [1.165, 1.54) is 11.1 Å². The summed E-state index contributed by atoms with van der Waals surface area (Å²) in [4.78, 5) is 13.4. The average Bonchev–Trinajstić information content (AvgIpc) is 2.87. The van der Waals surface area contributed by atoms with E-state index in [4.69, 9.17) is 10.5 Å². The van der Waals surface area contributed by atoms with Gasteiger partial charge >= 0.3 is 0 Å². The average molecular weight is 475 g/mol. The van der Waals surface area contributed by atoms with Gasteiger partial charge in [-0.15, -0.1) is 0 Å². The lowest BCUT2D eigenvalue weighted by molar-refractivity contribution is 0.310. The molecule has 2 aliphatic rings. The lowest BCUT2D eigenvalue weighted by Gasteiger charge is -2.22. The van der Waals surface area contributed by atoms with E-state index in [9.17, 15) is 0 Å². The zero-order valence-electron chi connectivity index (χ0n) is 18.6. The molecule has 2 aliphatic heterocycles. The molecule has 0 saturated heterocycles. The first kappa shape index (κ1) is 21.0. The van der Waals surface area contributed by atoms with Crippen molar-refractivity contribution in [2.75, 3.05) is 35.3 Å². The molecule has 6 rings (SSSR count). The molecule has 0 fully saturated rings. The fourth-order valence-electron chi connectivity index (χ4n) is 4.50. The van der Waals surface area contributed by atoms with Crippen molar-refractivity contribution in [3.8, 4) is 17.0 Å². The maximum absolute atomic E-state index is 15.4. The van der Waals surface area contributed by atoms with Gasteiger partial charge in [-0.2, -0.15) is 11.8 Å². The molecule has 0 amide bonds. The lowest BCUT2D eigenvalue weighted by atomic mass is 9.98. The molecule has 0 spiro atoms. The van der Waals surface area contributed by atoms with Crippen LogP contribution in [0.4, 0.5) is 27.4 Å². The van der Waals surface area contributed by atoms with Gasteiger partial charge < -0.3 is 21.1 Å². The number of nitrogen functional groups attached to an aromatic ring is 1. The van der Waals surface area contributed by atoms with Crippen molar-refractivity contribution in [3.63, 3.8) is 0 Å².